The second-order valence-electron chi connectivity index (χ2n) is 5.23. The summed E-state index contributed by atoms with van der Waals surface area (Å²) in [4.78, 5) is 4.67. The average Bonchev–Trinajstić information content (AvgIpc) is 2.99. The van der Waals surface area contributed by atoms with Gasteiger partial charge in [-0.2, -0.15) is 0 Å². The number of aromatic nitrogens is 1. The molecule has 0 radical (unpaired) electrons. The molecule has 1 aliphatic rings. The second-order valence-corrected chi connectivity index (χ2v) is 5.23. The van der Waals surface area contributed by atoms with Crippen molar-refractivity contribution < 1.29 is 9.47 Å². The molecular formula is C18H11NO2. The zero-order valence-electron chi connectivity index (χ0n) is 11.2. The first-order valence-electron chi connectivity index (χ1n) is 6.90. The van der Waals surface area contributed by atoms with Gasteiger partial charge in [-0.3, -0.25) is 4.98 Å². The third-order valence-corrected chi connectivity index (χ3v) is 4.07. The first-order valence-corrected chi connectivity index (χ1v) is 6.90. The van der Waals surface area contributed by atoms with Crippen LogP contribution in [0.15, 0.2) is 54.7 Å². The summed E-state index contributed by atoms with van der Waals surface area (Å²) in [5.74, 6) is 1.60. The van der Waals surface area contributed by atoms with E-state index in [0.717, 1.165) is 33.2 Å². The Hall–Kier alpha value is -2.81. The lowest BCUT2D eigenvalue weighted by Crippen LogP contribution is -1.92. The molecule has 0 aliphatic carbocycles. The Balaban J connectivity index is 1.98. The van der Waals surface area contributed by atoms with E-state index in [1.807, 2.05) is 24.4 Å². The van der Waals surface area contributed by atoms with E-state index in [0.29, 0.717) is 6.79 Å². The molecule has 0 bridgehead atoms. The largest absolute Gasteiger partial charge is 0.454 e. The normalized spacial score (nSPS) is 13.3. The van der Waals surface area contributed by atoms with Gasteiger partial charge in [-0.05, 0) is 22.9 Å². The fraction of sp³-hybridized carbons (Fsp3) is 0.0556. The Morgan fingerprint density at radius 3 is 2.57 bits per heavy atom. The van der Waals surface area contributed by atoms with Gasteiger partial charge >= 0.3 is 0 Å². The van der Waals surface area contributed by atoms with Crippen molar-refractivity contribution in [2.45, 2.75) is 0 Å². The van der Waals surface area contributed by atoms with Crippen LogP contribution in [0.25, 0.3) is 32.4 Å². The van der Waals surface area contributed by atoms with Crippen molar-refractivity contribution in [2.24, 2.45) is 0 Å². The van der Waals surface area contributed by atoms with Crippen LogP contribution < -0.4 is 9.47 Å². The molecule has 3 aromatic carbocycles. The molecule has 0 unspecified atom stereocenters. The van der Waals surface area contributed by atoms with Crippen molar-refractivity contribution in [1.29, 1.82) is 0 Å². The number of hydrogen-bond donors (Lipinski definition) is 0. The van der Waals surface area contributed by atoms with Crippen LogP contribution in [0.5, 0.6) is 11.5 Å². The number of pyridine rings is 1. The maximum Gasteiger partial charge on any atom is 0.231 e. The summed E-state index contributed by atoms with van der Waals surface area (Å²) >= 11 is 0. The Morgan fingerprint density at radius 1 is 0.762 bits per heavy atom. The van der Waals surface area contributed by atoms with Gasteiger partial charge in [0.15, 0.2) is 11.5 Å². The molecule has 0 amide bonds. The molecule has 21 heavy (non-hydrogen) atoms. The highest BCUT2D eigenvalue weighted by Crippen LogP contribution is 2.39. The highest BCUT2D eigenvalue weighted by atomic mass is 16.7. The van der Waals surface area contributed by atoms with Gasteiger partial charge in [0.25, 0.3) is 0 Å². The minimum absolute atomic E-state index is 0.292. The summed E-state index contributed by atoms with van der Waals surface area (Å²) in [5, 5.41) is 5.74. The molecule has 100 valence electrons. The van der Waals surface area contributed by atoms with Gasteiger partial charge in [-0.25, -0.2) is 0 Å². The van der Waals surface area contributed by atoms with Crippen LogP contribution in [-0.2, 0) is 0 Å². The summed E-state index contributed by atoms with van der Waals surface area (Å²) < 4.78 is 10.9. The van der Waals surface area contributed by atoms with E-state index in [-0.39, 0.29) is 0 Å². The topological polar surface area (TPSA) is 31.4 Å². The number of benzene rings is 3. The fourth-order valence-corrected chi connectivity index (χ4v) is 3.04. The Labute approximate surface area is 120 Å². The Kier molecular flexibility index (Phi) is 2.00. The van der Waals surface area contributed by atoms with Crippen LogP contribution in [0.2, 0.25) is 0 Å². The van der Waals surface area contributed by atoms with Crippen molar-refractivity contribution in [2.75, 3.05) is 6.79 Å². The maximum absolute atomic E-state index is 5.50. The van der Waals surface area contributed by atoms with E-state index < -0.39 is 0 Å². The first-order chi connectivity index (χ1) is 10.4. The van der Waals surface area contributed by atoms with E-state index in [4.69, 9.17) is 9.47 Å². The zero-order valence-corrected chi connectivity index (χ0v) is 11.2. The average molecular weight is 273 g/mol. The molecule has 5 rings (SSSR count). The molecule has 1 aliphatic heterocycles. The lowest BCUT2D eigenvalue weighted by molar-refractivity contribution is 0.174. The Bertz CT molecular complexity index is 1020. The van der Waals surface area contributed by atoms with Gasteiger partial charge in [0.1, 0.15) is 0 Å². The summed E-state index contributed by atoms with van der Waals surface area (Å²) in [7, 11) is 0. The minimum Gasteiger partial charge on any atom is -0.454 e. The monoisotopic (exact) mass is 273 g/mol. The van der Waals surface area contributed by atoms with Crippen molar-refractivity contribution >= 4 is 32.4 Å². The van der Waals surface area contributed by atoms with E-state index in [2.05, 4.69) is 35.3 Å². The van der Waals surface area contributed by atoms with E-state index in [1.54, 1.807) is 0 Å². The molecule has 0 saturated heterocycles. The van der Waals surface area contributed by atoms with Crippen LogP contribution in [0.4, 0.5) is 0 Å². The highest BCUT2D eigenvalue weighted by molar-refractivity contribution is 6.15. The van der Waals surface area contributed by atoms with Crippen LogP contribution in [0.3, 0.4) is 0 Å². The lowest BCUT2D eigenvalue weighted by atomic mass is 10.0. The molecule has 0 fully saturated rings. The van der Waals surface area contributed by atoms with E-state index in [1.165, 1.54) is 10.8 Å². The van der Waals surface area contributed by atoms with Crippen LogP contribution >= 0.6 is 0 Å². The van der Waals surface area contributed by atoms with Gasteiger partial charge in [0, 0.05) is 22.4 Å². The van der Waals surface area contributed by atoms with Gasteiger partial charge < -0.3 is 9.47 Å². The van der Waals surface area contributed by atoms with Gasteiger partial charge in [0.2, 0.25) is 6.79 Å². The van der Waals surface area contributed by atoms with Crippen molar-refractivity contribution in [1.82, 2.24) is 4.98 Å². The molecule has 3 nitrogen and oxygen atoms in total. The van der Waals surface area contributed by atoms with E-state index >= 15 is 0 Å². The number of ether oxygens (including phenoxy) is 2. The molecule has 0 spiro atoms. The standard InChI is InChI=1S/C18H11NO2/c1-2-4-13-11(3-1)5-6-14-15-8-17-16(20-10-21-17)7-12(15)9-19-18(13)14/h1-9H,10H2. The predicted molar refractivity (Wildman–Crippen MR) is 82.9 cm³/mol. The maximum atomic E-state index is 5.50. The summed E-state index contributed by atoms with van der Waals surface area (Å²) in [6, 6.07) is 16.7. The quantitative estimate of drug-likeness (QED) is 0.448. The number of hydrogen-bond acceptors (Lipinski definition) is 3. The highest BCUT2D eigenvalue weighted by Gasteiger charge is 2.16. The molecule has 4 aromatic rings. The van der Waals surface area contributed by atoms with Crippen LogP contribution in [0.1, 0.15) is 0 Å². The van der Waals surface area contributed by atoms with Gasteiger partial charge in [-0.1, -0.05) is 36.4 Å². The minimum atomic E-state index is 0.292. The summed E-state index contributed by atoms with van der Waals surface area (Å²) in [6.45, 7) is 0.292. The SMILES string of the molecule is c1ccc2c(c1)ccc1c3cc4c(cc3cnc21)OCO4. The third-order valence-electron chi connectivity index (χ3n) is 4.07. The van der Waals surface area contributed by atoms with Gasteiger partial charge in [-0.15, -0.1) is 0 Å². The molecule has 0 atom stereocenters. The fourth-order valence-electron chi connectivity index (χ4n) is 3.04. The van der Waals surface area contributed by atoms with Crippen LogP contribution in [0, 0.1) is 0 Å². The smallest absolute Gasteiger partial charge is 0.231 e. The lowest BCUT2D eigenvalue weighted by Gasteiger charge is -2.07. The third kappa shape index (κ3) is 1.46. The molecule has 3 heteroatoms. The number of rotatable bonds is 0. The van der Waals surface area contributed by atoms with Crippen LogP contribution in [-0.4, -0.2) is 11.8 Å². The predicted octanol–water partition coefficient (Wildman–Crippen LogP) is 4.27. The molecule has 1 aromatic heterocycles. The number of nitrogens with zero attached hydrogens (tertiary/aromatic N) is 1. The Morgan fingerprint density at radius 2 is 1.62 bits per heavy atom. The van der Waals surface area contributed by atoms with Gasteiger partial charge in [0.05, 0.1) is 5.52 Å². The molecular weight excluding hydrogens is 262 g/mol. The molecule has 0 saturated carbocycles. The van der Waals surface area contributed by atoms with Crippen molar-refractivity contribution in [3.05, 3.63) is 54.7 Å². The first kappa shape index (κ1) is 10.9. The van der Waals surface area contributed by atoms with Crippen molar-refractivity contribution in [3.63, 3.8) is 0 Å². The summed E-state index contributed by atoms with van der Waals surface area (Å²) in [5.41, 5.74) is 1.03. The number of fused-ring (bicyclic) bond motifs is 6. The molecule has 0 N–H and O–H groups in total. The van der Waals surface area contributed by atoms with E-state index in [9.17, 15) is 0 Å². The second kappa shape index (κ2) is 3.85. The van der Waals surface area contributed by atoms with Crippen molar-refractivity contribution in [3.8, 4) is 11.5 Å². The zero-order chi connectivity index (χ0) is 13.8. The molecule has 2 heterocycles. The summed E-state index contributed by atoms with van der Waals surface area (Å²) in [6.07, 6.45) is 1.91.